The number of unbranched alkanes of at least 4 members (excludes halogenated alkanes) is 1. The molecular weight excluding hydrogens is 199 g/mol. The highest BCUT2D eigenvalue weighted by molar-refractivity contribution is 6.61. The molecule has 3 heteroatoms. The molecule has 1 rings (SSSR count). The minimum absolute atomic E-state index is 0.224. The maximum Gasteiger partial charge on any atom is 0.493 e. The number of benzene rings is 1. The van der Waals surface area contributed by atoms with Crippen LogP contribution in [0.15, 0.2) is 24.3 Å². The molecule has 1 aromatic rings. The molecular formula is C13H21BO2. The fourth-order valence-corrected chi connectivity index (χ4v) is 1.80. The van der Waals surface area contributed by atoms with E-state index in [1.165, 1.54) is 23.9 Å². The minimum atomic E-state index is -0.224. The number of rotatable bonds is 7. The molecule has 0 aromatic heterocycles. The number of hydrogen-bond donors (Lipinski definition) is 0. The molecule has 0 unspecified atom stereocenters. The molecule has 0 aliphatic heterocycles. The van der Waals surface area contributed by atoms with Crippen LogP contribution in [-0.2, 0) is 15.7 Å². The summed E-state index contributed by atoms with van der Waals surface area (Å²) in [5.74, 6) is 0. The van der Waals surface area contributed by atoms with Gasteiger partial charge in [0.2, 0.25) is 0 Å². The van der Waals surface area contributed by atoms with Gasteiger partial charge in [0.05, 0.1) is 0 Å². The fraction of sp³-hybridized carbons (Fsp3) is 0.538. The Hall–Kier alpha value is -0.795. The van der Waals surface area contributed by atoms with Gasteiger partial charge in [-0.2, -0.15) is 0 Å². The highest BCUT2D eigenvalue weighted by atomic mass is 16.6. The molecule has 0 atom stereocenters. The van der Waals surface area contributed by atoms with Crippen molar-refractivity contribution in [3.05, 3.63) is 29.8 Å². The number of hydrogen-bond acceptors (Lipinski definition) is 2. The molecule has 0 spiro atoms. The second-order valence-electron chi connectivity index (χ2n) is 3.83. The largest absolute Gasteiger partial charge is 0.493 e. The van der Waals surface area contributed by atoms with Crippen LogP contribution in [0.4, 0.5) is 0 Å². The van der Waals surface area contributed by atoms with Crippen LogP contribution in [0.5, 0.6) is 0 Å². The third-order valence-electron chi connectivity index (χ3n) is 2.64. The molecule has 0 N–H and O–H groups in total. The van der Waals surface area contributed by atoms with Crippen molar-refractivity contribution in [1.29, 1.82) is 0 Å². The highest BCUT2D eigenvalue weighted by Crippen LogP contribution is 2.05. The zero-order chi connectivity index (χ0) is 11.8. The van der Waals surface area contributed by atoms with Gasteiger partial charge in [0, 0.05) is 13.7 Å². The summed E-state index contributed by atoms with van der Waals surface area (Å²) in [6.07, 6.45) is 3.51. The van der Waals surface area contributed by atoms with Crippen LogP contribution in [-0.4, -0.2) is 20.8 Å². The third kappa shape index (κ3) is 3.65. The summed E-state index contributed by atoms with van der Waals surface area (Å²) in [5, 5.41) is 0. The van der Waals surface area contributed by atoms with Gasteiger partial charge in [0.25, 0.3) is 0 Å². The Kier molecular flexibility index (Phi) is 6.20. The highest BCUT2D eigenvalue weighted by Gasteiger charge is 2.21. The van der Waals surface area contributed by atoms with Crippen molar-refractivity contribution >= 4 is 12.6 Å². The lowest BCUT2D eigenvalue weighted by atomic mass is 9.75. The van der Waals surface area contributed by atoms with Crippen molar-refractivity contribution < 1.29 is 9.31 Å². The zero-order valence-corrected chi connectivity index (χ0v) is 10.5. The molecule has 0 amide bonds. The smallest absolute Gasteiger partial charge is 0.410 e. The van der Waals surface area contributed by atoms with Gasteiger partial charge in [0.1, 0.15) is 0 Å². The second kappa shape index (κ2) is 7.47. The Balaban J connectivity index is 2.82. The van der Waals surface area contributed by atoms with Crippen LogP contribution in [0, 0.1) is 0 Å². The van der Waals surface area contributed by atoms with Crippen LogP contribution in [0.3, 0.4) is 0 Å². The molecule has 0 radical (unpaired) electrons. The van der Waals surface area contributed by atoms with Crippen molar-refractivity contribution in [2.24, 2.45) is 0 Å². The van der Waals surface area contributed by atoms with Crippen LogP contribution in [0.25, 0.3) is 0 Å². The van der Waals surface area contributed by atoms with E-state index >= 15 is 0 Å². The first kappa shape index (κ1) is 13.3. The lowest BCUT2D eigenvalue weighted by Gasteiger charge is -2.14. The van der Waals surface area contributed by atoms with Gasteiger partial charge >= 0.3 is 7.12 Å². The van der Waals surface area contributed by atoms with Crippen LogP contribution < -0.4 is 5.46 Å². The summed E-state index contributed by atoms with van der Waals surface area (Å²) in [5.41, 5.74) is 2.50. The summed E-state index contributed by atoms with van der Waals surface area (Å²) in [6, 6.07) is 8.37. The van der Waals surface area contributed by atoms with E-state index < -0.39 is 0 Å². The van der Waals surface area contributed by atoms with Crippen molar-refractivity contribution in [2.75, 3.05) is 13.7 Å². The molecule has 0 heterocycles. The van der Waals surface area contributed by atoms with E-state index in [4.69, 9.17) is 9.31 Å². The van der Waals surface area contributed by atoms with E-state index in [2.05, 4.69) is 25.1 Å². The molecule has 0 saturated heterocycles. The Morgan fingerprint density at radius 1 is 1.19 bits per heavy atom. The Morgan fingerprint density at radius 2 is 1.94 bits per heavy atom. The fourth-order valence-electron chi connectivity index (χ4n) is 1.80. The van der Waals surface area contributed by atoms with Gasteiger partial charge in [-0.1, -0.05) is 37.6 Å². The SMILES string of the molecule is CCCCc1ccccc1B(OC)OCC. The van der Waals surface area contributed by atoms with E-state index in [9.17, 15) is 0 Å². The average molecular weight is 220 g/mol. The predicted molar refractivity (Wildman–Crippen MR) is 69.1 cm³/mol. The normalized spacial score (nSPS) is 10.4. The van der Waals surface area contributed by atoms with E-state index in [1.54, 1.807) is 7.11 Å². The van der Waals surface area contributed by atoms with Crippen molar-refractivity contribution in [3.63, 3.8) is 0 Å². The second-order valence-corrected chi connectivity index (χ2v) is 3.83. The summed E-state index contributed by atoms with van der Waals surface area (Å²) < 4.78 is 11.0. The number of aryl methyl sites for hydroxylation is 1. The standard InChI is InChI=1S/C13H21BO2/c1-4-6-9-12-10-7-8-11-13(12)14(15-3)16-5-2/h7-8,10-11H,4-6,9H2,1-3H3. The van der Waals surface area contributed by atoms with Gasteiger partial charge in [-0.3, -0.25) is 0 Å². The van der Waals surface area contributed by atoms with E-state index in [0.29, 0.717) is 6.61 Å². The van der Waals surface area contributed by atoms with Crippen LogP contribution in [0.1, 0.15) is 32.3 Å². The first-order valence-electron chi connectivity index (χ1n) is 6.05. The maximum absolute atomic E-state index is 5.58. The molecule has 16 heavy (non-hydrogen) atoms. The van der Waals surface area contributed by atoms with Crippen LogP contribution in [0.2, 0.25) is 0 Å². The monoisotopic (exact) mass is 220 g/mol. The molecule has 0 aliphatic rings. The summed E-state index contributed by atoms with van der Waals surface area (Å²) >= 11 is 0. The minimum Gasteiger partial charge on any atom is -0.410 e. The summed E-state index contributed by atoms with van der Waals surface area (Å²) in [4.78, 5) is 0. The maximum atomic E-state index is 5.58. The molecule has 2 nitrogen and oxygen atoms in total. The first-order chi connectivity index (χ1) is 7.83. The lowest BCUT2D eigenvalue weighted by molar-refractivity contribution is 0.253. The van der Waals surface area contributed by atoms with Crippen LogP contribution >= 0.6 is 0 Å². The van der Waals surface area contributed by atoms with Gasteiger partial charge in [-0.15, -0.1) is 0 Å². The van der Waals surface area contributed by atoms with E-state index in [-0.39, 0.29) is 7.12 Å². The van der Waals surface area contributed by atoms with Crippen molar-refractivity contribution in [2.45, 2.75) is 33.1 Å². The van der Waals surface area contributed by atoms with Crippen molar-refractivity contribution in [1.82, 2.24) is 0 Å². The van der Waals surface area contributed by atoms with Crippen molar-refractivity contribution in [3.8, 4) is 0 Å². The first-order valence-corrected chi connectivity index (χ1v) is 6.05. The molecule has 0 aliphatic carbocycles. The van der Waals surface area contributed by atoms with Gasteiger partial charge in [-0.25, -0.2) is 0 Å². The zero-order valence-electron chi connectivity index (χ0n) is 10.5. The lowest BCUT2D eigenvalue weighted by Crippen LogP contribution is -2.38. The third-order valence-corrected chi connectivity index (χ3v) is 2.64. The van der Waals surface area contributed by atoms with Gasteiger partial charge in [0.15, 0.2) is 0 Å². The summed E-state index contributed by atoms with van der Waals surface area (Å²) in [6.45, 7) is 4.86. The summed E-state index contributed by atoms with van der Waals surface area (Å²) in [7, 11) is 1.47. The quantitative estimate of drug-likeness (QED) is 0.657. The molecule has 88 valence electrons. The molecule has 0 bridgehead atoms. The van der Waals surface area contributed by atoms with Gasteiger partial charge in [-0.05, 0) is 30.8 Å². The predicted octanol–water partition coefficient (Wildman–Crippen LogP) is 2.41. The average Bonchev–Trinajstić information content (AvgIpc) is 2.34. The van der Waals surface area contributed by atoms with Gasteiger partial charge < -0.3 is 9.31 Å². The Bertz CT molecular complexity index is 302. The Morgan fingerprint density at radius 3 is 2.56 bits per heavy atom. The topological polar surface area (TPSA) is 18.5 Å². The molecule has 0 saturated carbocycles. The molecule has 1 aromatic carbocycles. The Labute approximate surface area is 99.1 Å². The van der Waals surface area contributed by atoms with E-state index in [1.807, 2.05) is 13.0 Å². The molecule has 0 fully saturated rings. The van der Waals surface area contributed by atoms with E-state index in [0.717, 1.165) is 6.42 Å².